The molecule has 0 spiro atoms. The molecule has 1 atom stereocenters. The zero-order chi connectivity index (χ0) is 10.4. The van der Waals surface area contributed by atoms with Gasteiger partial charge in [0.05, 0.1) is 6.54 Å². The average Bonchev–Trinajstić information content (AvgIpc) is 2.21. The van der Waals surface area contributed by atoms with Crippen LogP contribution < -0.4 is 11.1 Å². The van der Waals surface area contributed by atoms with Gasteiger partial charge in [-0.2, -0.15) is 0 Å². The number of pyridine rings is 1. The van der Waals surface area contributed by atoms with E-state index in [0.717, 1.165) is 11.3 Å². The molecule has 0 aliphatic carbocycles. The van der Waals surface area contributed by atoms with Gasteiger partial charge in [0, 0.05) is 24.5 Å². The van der Waals surface area contributed by atoms with Crippen LogP contribution in [0, 0.1) is 19.3 Å². The molecular weight excluding hydrogens is 174 g/mol. The van der Waals surface area contributed by atoms with Gasteiger partial charge in [0.2, 0.25) is 0 Å². The lowest BCUT2D eigenvalue weighted by Gasteiger charge is -2.15. The van der Waals surface area contributed by atoms with Crippen molar-refractivity contribution in [2.45, 2.75) is 13.0 Å². The fraction of sp³-hybridized carbons (Fsp3) is 0.364. The normalized spacial score (nSPS) is 12.1. The summed E-state index contributed by atoms with van der Waals surface area (Å²) in [5, 5.41) is 3.15. The van der Waals surface area contributed by atoms with Crippen LogP contribution >= 0.6 is 0 Å². The summed E-state index contributed by atoms with van der Waals surface area (Å²) in [6.45, 7) is 3.00. The zero-order valence-electron chi connectivity index (χ0n) is 8.33. The van der Waals surface area contributed by atoms with Crippen LogP contribution in [0.3, 0.4) is 0 Å². The van der Waals surface area contributed by atoms with Gasteiger partial charge in [-0.05, 0) is 18.6 Å². The smallest absolute Gasteiger partial charge is 0.0578 e. The third kappa shape index (κ3) is 2.84. The van der Waals surface area contributed by atoms with E-state index in [0.29, 0.717) is 13.1 Å². The molecular formula is C11H15N3. The molecule has 1 unspecified atom stereocenters. The summed E-state index contributed by atoms with van der Waals surface area (Å²) in [5.74, 6) is 2.53. The first-order valence-corrected chi connectivity index (χ1v) is 4.57. The van der Waals surface area contributed by atoms with Gasteiger partial charge in [0.25, 0.3) is 0 Å². The van der Waals surface area contributed by atoms with Crippen molar-refractivity contribution in [1.82, 2.24) is 10.3 Å². The summed E-state index contributed by atoms with van der Waals surface area (Å²) in [6, 6.07) is 4.08. The van der Waals surface area contributed by atoms with Crippen LogP contribution in [0.1, 0.15) is 17.3 Å². The molecule has 0 amide bonds. The third-order valence-corrected chi connectivity index (χ3v) is 2.02. The van der Waals surface area contributed by atoms with Crippen molar-refractivity contribution in [1.29, 1.82) is 0 Å². The van der Waals surface area contributed by atoms with Crippen molar-refractivity contribution in [3.05, 3.63) is 29.6 Å². The molecule has 3 N–H and O–H groups in total. The lowest BCUT2D eigenvalue weighted by Crippen LogP contribution is -2.28. The fourth-order valence-electron chi connectivity index (χ4n) is 1.20. The molecule has 1 aromatic heterocycles. The molecule has 1 rings (SSSR count). The van der Waals surface area contributed by atoms with E-state index in [1.54, 1.807) is 0 Å². The molecule has 0 aliphatic heterocycles. The molecule has 3 nitrogen and oxygen atoms in total. The molecule has 74 valence electrons. The second-order valence-electron chi connectivity index (χ2n) is 3.11. The van der Waals surface area contributed by atoms with Gasteiger partial charge in [0.1, 0.15) is 0 Å². The van der Waals surface area contributed by atoms with Crippen LogP contribution in [0.5, 0.6) is 0 Å². The molecule has 0 aromatic carbocycles. The molecule has 3 heteroatoms. The SMILES string of the molecule is C#CCNC(CN)c1ccc(C)nc1. The van der Waals surface area contributed by atoms with E-state index in [4.69, 9.17) is 12.2 Å². The maximum absolute atomic E-state index is 5.62. The van der Waals surface area contributed by atoms with Crippen molar-refractivity contribution in [3.8, 4) is 12.3 Å². The van der Waals surface area contributed by atoms with E-state index in [9.17, 15) is 0 Å². The summed E-state index contributed by atoms with van der Waals surface area (Å²) in [6.07, 6.45) is 6.99. The van der Waals surface area contributed by atoms with Crippen molar-refractivity contribution < 1.29 is 0 Å². The molecule has 0 saturated heterocycles. The molecule has 0 fully saturated rings. The Labute approximate surface area is 84.7 Å². The fourth-order valence-corrected chi connectivity index (χ4v) is 1.20. The first kappa shape index (κ1) is 10.7. The van der Waals surface area contributed by atoms with Gasteiger partial charge >= 0.3 is 0 Å². The monoisotopic (exact) mass is 189 g/mol. The maximum Gasteiger partial charge on any atom is 0.0578 e. The molecule has 0 radical (unpaired) electrons. The van der Waals surface area contributed by atoms with Crippen LogP contribution in [0.25, 0.3) is 0 Å². The molecule has 0 saturated carbocycles. The molecule has 1 heterocycles. The Bertz CT molecular complexity index is 310. The van der Waals surface area contributed by atoms with Crippen molar-refractivity contribution >= 4 is 0 Å². The van der Waals surface area contributed by atoms with E-state index in [1.807, 2.05) is 25.3 Å². The highest BCUT2D eigenvalue weighted by Crippen LogP contribution is 2.09. The largest absolute Gasteiger partial charge is 0.329 e. The summed E-state index contributed by atoms with van der Waals surface area (Å²) in [5.41, 5.74) is 7.70. The number of hydrogen-bond donors (Lipinski definition) is 2. The first-order valence-electron chi connectivity index (χ1n) is 4.57. The molecule has 0 aliphatic rings. The standard InChI is InChI=1S/C11H15N3/c1-3-6-13-11(7-12)10-5-4-9(2)14-8-10/h1,4-5,8,11,13H,6-7,12H2,2H3. The van der Waals surface area contributed by atoms with Crippen molar-refractivity contribution in [3.63, 3.8) is 0 Å². The maximum atomic E-state index is 5.62. The third-order valence-electron chi connectivity index (χ3n) is 2.02. The Morgan fingerprint density at radius 3 is 2.93 bits per heavy atom. The number of aryl methyl sites for hydroxylation is 1. The second kappa shape index (κ2) is 5.38. The molecule has 1 aromatic rings. The summed E-state index contributed by atoms with van der Waals surface area (Å²) < 4.78 is 0. The van der Waals surface area contributed by atoms with Gasteiger partial charge < -0.3 is 5.73 Å². The van der Waals surface area contributed by atoms with E-state index in [-0.39, 0.29) is 6.04 Å². The zero-order valence-corrected chi connectivity index (χ0v) is 8.33. The van der Waals surface area contributed by atoms with Crippen molar-refractivity contribution in [2.24, 2.45) is 5.73 Å². The quantitative estimate of drug-likeness (QED) is 0.682. The van der Waals surface area contributed by atoms with Crippen molar-refractivity contribution in [2.75, 3.05) is 13.1 Å². The Morgan fingerprint density at radius 2 is 2.43 bits per heavy atom. The number of aromatic nitrogens is 1. The number of nitrogens with zero attached hydrogens (tertiary/aromatic N) is 1. The Balaban J connectivity index is 2.69. The first-order chi connectivity index (χ1) is 6.77. The lowest BCUT2D eigenvalue weighted by molar-refractivity contribution is 0.580. The second-order valence-corrected chi connectivity index (χ2v) is 3.11. The Hall–Kier alpha value is -1.37. The van der Waals surface area contributed by atoms with Crippen LogP contribution in [-0.2, 0) is 0 Å². The van der Waals surface area contributed by atoms with Crippen LogP contribution in [0.15, 0.2) is 18.3 Å². The molecule has 14 heavy (non-hydrogen) atoms. The van der Waals surface area contributed by atoms with Gasteiger partial charge in [-0.15, -0.1) is 6.42 Å². The highest BCUT2D eigenvalue weighted by atomic mass is 14.9. The van der Waals surface area contributed by atoms with E-state index in [1.165, 1.54) is 0 Å². The van der Waals surface area contributed by atoms with Crippen LogP contribution in [0.4, 0.5) is 0 Å². The molecule has 0 bridgehead atoms. The highest BCUT2D eigenvalue weighted by molar-refractivity contribution is 5.17. The Kier molecular flexibility index (Phi) is 4.11. The number of rotatable bonds is 4. The summed E-state index contributed by atoms with van der Waals surface area (Å²) in [4.78, 5) is 4.21. The van der Waals surface area contributed by atoms with E-state index < -0.39 is 0 Å². The minimum Gasteiger partial charge on any atom is -0.329 e. The highest BCUT2D eigenvalue weighted by Gasteiger charge is 2.07. The summed E-state index contributed by atoms with van der Waals surface area (Å²) >= 11 is 0. The number of hydrogen-bond acceptors (Lipinski definition) is 3. The minimum atomic E-state index is 0.0964. The topological polar surface area (TPSA) is 50.9 Å². The van der Waals surface area contributed by atoms with Gasteiger partial charge in [-0.25, -0.2) is 0 Å². The number of terminal acetylenes is 1. The van der Waals surface area contributed by atoms with Gasteiger partial charge in [-0.1, -0.05) is 12.0 Å². The van der Waals surface area contributed by atoms with Crippen LogP contribution in [0.2, 0.25) is 0 Å². The number of nitrogens with one attached hydrogen (secondary N) is 1. The van der Waals surface area contributed by atoms with E-state index >= 15 is 0 Å². The predicted molar refractivity (Wildman–Crippen MR) is 57.6 cm³/mol. The summed E-state index contributed by atoms with van der Waals surface area (Å²) in [7, 11) is 0. The minimum absolute atomic E-state index is 0.0964. The van der Waals surface area contributed by atoms with E-state index in [2.05, 4.69) is 16.2 Å². The average molecular weight is 189 g/mol. The Morgan fingerprint density at radius 1 is 1.64 bits per heavy atom. The van der Waals surface area contributed by atoms with Crippen LogP contribution in [-0.4, -0.2) is 18.1 Å². The van der Waals surface area contributed by atoms with Gasteiger partial charge in [-0.3, -0.25) is 10.3 Å². The lowest BCUT2D eigenvalue weighted by atomic mass is 10.1. The number of nitrogens with two attached hydrogens (primary N) is 1. The van der Waals surface area contributed by atoms with Gasteiger partial charge in [0.15, 0.2) is 0 Å². The predicted octanol–water partition coefficient (Wildman–Crippen LogP) is 0.613.